The summed E-state index contributed by atoms with van der Waals surface area (Å²) in [6.07, 6.45) is 1.79. The van der Waals surface area contributed by atoms with Gasteiger partial charge in [-0.25, -0.2) is 0 Å². The molecule has 3 aromatic rings. The Bertz CT molecular complexity index is 801. The van der Waals surface area contributed by atoms with Gasteiger partial charge in [-0.05, 0) is 18.2 Å². The van der Waals surface area contributed by atoms with Crippen LogP contribution in [0.3, 0.4) is 0 Å². The van der Waals surface area contributed by atoms with Gasteiger partial charge in [0.05, 0.1) is 5.02 Å². The second-order valence-electron chi connectivity index (χ2n) is 4.91. The van der Waals surface area contributed by atoms with E-state index in [0.717, 1.165) is 22.4 Å². The molecule has 23 heavy (non-hydrogen) atoms. The molecule has 0 aliphatic carbocycles. The van der Waals surface area contributed by atoms with Gasteiger partial charge in [-0.15, -0.1) is 10.2 Å². The number of benzene rings is 1. The first-order valence-electron chi connectivity index (χ1n) is 7.00. The van der Waals surface area contributed by atoms with E-state index in [0.29, 0.717) is 17.4 Å². The number of ether oxygens (including phenoxy) is 1. The van der Waals surface area contributed by atoms with Crippen molar-refractivity contribution >= 4 is 23.4 Å². The Morgan fingerprint density at radius 3 is 2.74 bits per heavy atom. The molecule has 0 bridgehead atoms. The van der Waals surface area contributed by atoms with Crippen LogP contribution in [0.25, 0.3) is 0 Å². The molecule has 0 amide bonds. The third-order valence-corrected chi connectivity index (χ3v) is 4.76. The van der Waals surface area contributed by atoms with Crippen molar-refractivity contribution in [1.82, 2.24) is 24.5 Å². The lowest BCUT2D eigenvalue weighted by Gasteiger charge is -2.07. The second kappa shape index (κ2) is 7.06. The van der Waals surface area contributed by atoms with E-state index in [9.17, 15) is 0 Å². The van der Waals surface area contributed by atoms with Crippen LogP contribution in [0, 0.1) is 0 Å². The molecule has 6 nitrogen and oxygen atoms in total. The van der Waals surface area contributed by atoms with Crippen molar-refractivity contribution < 1.29 is 4.74 Å². The number of rotatable bonds is 6. The number of aromatic nitrogens is 5. The number of hydrogen-bond acceptors (Lipinski definition) is 5. The minimum Gasteiger partial charge on any atom is -0.484 e. The van der Waals surface area contributed by atoms with Crippen LogP contribution >= 0.6 is 23.4 Å². The molecule has 0 radical (unpaired) electrons. The molecule has 8 heteroatoms. The van der Waals surface area contributed by atoms with E-state index < -0.39 is 0 Å². The Morgan fingerprint density at radius 2 is 2.00 bits per heavy atom. The monoisotopic (exact) mass is 349 g/mol. The molecule has 0 saturated carbocycles. The molecule has 120 valence electrons. The number of hydrogen-bond donors (Lipinski definition) is 0. The Kier molecular flexibility index (Phi) is 4.88. The van der Waals surface area contributed by atoms with Crippen LogP contribution in [0.2, 0.25) is 5.02 Å². The van der Waals surface area contributed by atoms with Crippen molar-refractivity contribution in [2.24, 2.45) is 14.1 Å². The first-order valence-corrected chi connectivity index (χ1v) is 8.37. The van der Waals surface area contributed by atoms with E-state index in [1.54, 1.807) is 24.0 Å². The standard InChI is InChI=1S/C15H16ClN5OS/c1-20-14(9-22-13-6-4-3-5-12(13)16)18-19-15(20)23-10-11-7-8-17-21(11)2/h3-8H,9-10H2,1-2H3. The summed E-state index contributed by atoms with van der Waals surface area (Å²) < 4.78 is 9.49. The van der Waals surface area contributed by atoms with Crippen LogP contribution in [0.15, 0.2) is 41.7 Å². The fraction of sp³-hybridized carbons (Fsp3) is 0.267. The Balaban J connectivity index is 1.63. The lowest BCUT2D eigenvalue weighted by Crippen LogP contribution is -2.04. The van der Waals surface area contributed by atoms with Crippen molar-refractivity contribution in [3.63, 3.8) is 0 Å². The molecular weight excluding hydrogens is 334 g/mol. The normalized spacial score (nSPS) is 10.9. The van der Waals surface area contributed by atoms with E-state index in [1.165, 1.54) is 0 Å². The number of para-hydroxylation sites is 1. The fourth-order valence-corrected chi connectivity index (χ4v) is 3.13. The molecule has 3 rings (SSSR count). The molecular formula is C15H16ClN5OS. The summed E-state index contributed by atoms with van der Waals surface area (Å²) in [7, 11) is 3.85. The highest BCUT2D eigenvalue weighted by molar-refractivity contribution is 7.98. The summed E-state index contributed by atoms with van der Waals surface area (Å²) in [5, 5.41) is 14.0. The third kappa shape index (κ3) is 3.68. The second-order valence-corrected chi connectivity index (χ2v) is 6.26. The smallest absolute Gasteiger partial charge is 0.191 e. The summed E-state index contributed by atoms with van der Waals surface area (Å²) in [5.74, 6) is 2.17. The summed E-state index contributed by atoms with van der Waals surface area (Å²) >= 11 is 7.69. The zero-order valence-electron chi connectivity index (χ0n) is 12.8. The Labute approximate surface area is 143 Å². The van der Waals surface area contributed by atoms with E-state index >= 15 is 0 Å². The third-order valence-electron chi connectivity index (χ3n) is 3.39. The van der Waals surface area contributed by atoms with Gasteiger partial charge in [0.1, 0.15) is 12.4 Å². The SMILES string of the molecule is Cn1nccc1CSc1nnc(COc2ccccc2Cl)n1C. The largest absolute Gasteiger partial charge is 0.484 e. The minimum atomic E-state index is 0.319. The lowest BCUT2D eigenvalue weighted by atomic mass is 10.3. The van der Waals surface area contributed by atoms with Gasteiger partial charge in [0.25, 0.3) is 0 Å². The van der Waals surface area contributed by atoms with Crippen LogP contribution < -0.4 is 4.74 Å². The topological polar surface area (TPSA) is 57.8 Å². The minimum absolute atomic E-state index is 0.319. The number of thioether (sulfide) groups is 1. The van der Waals surface area contributed by atoms with Gasteiger partial charge in [0.2, 0.25) is 0 Å². The molecule has 0 atom stereocenters. The molecule has 1 aromatic carbocycles. The van der Waals surface area contributed by atoms with Gasteiger partial charge in [-0.2, -0.15) is 5.10 Å². The fourth-order valence-electron chi connectivity index (χ4n) is 1.98. The summed E-state index contributed by atoms with van der Waals surface area (Å²) in [4.78, 5) is 0. The number of halogens is 1. The summed E-state index contributed by atoms with van der Waals surface area (Å²) in [5.41, 5.74) is 1.13. The number of nitrogens with zero attached hydrogens (tertiary/aromatic N) is 5. The zero-order valence-corrected chi connectivity index (χ0v) is 14.4. The van der Waals surface area contributed by atoms with E-state index in [-0.39, 0.29) is 0 Å². The number of aryl methyl sites for hydroxylation is 1. The first-order chi connectivity index (χ1) is 11.1. The first kappa shape index (κ1) is 15.9. The Morgan fingerprint density at radius 1 is 1.17 bits per heavy atom. The van der Waals surface area contributed by atoms with Crippen LogP contribution in [-0.2, 0) is 26.5 Å². The van der Waals surface area contributed by atoms with Crippen LogP contribution in [0.5, 0.6) is 5.75 Å². The highest BCUT2D eigenvalue weighted by atomic mass is 35.5. The highest BCUT2D eigenvalue weighted by Gasteiger charge is 2.11. The maximum atomic E-state index is 6.08. The van der Waals surface area contributed by atoms with E-state index in [4.69, 9.17) is 16.3 Å². The van der Waals surface area contributed by atoms with Crippen molar-refractivity contribution in [1.29, 1.82) is 0 Å². The maximum Gasteiger partial charge on any atom is 0.191 e. The molecule has 0 spiro atoms. The molecule has 0 unspecified atom stereocenters. The molecule has 0 fully saturated rings. The van der Waals surface area contributed by atoms with Crippen molar-refractivity contribution in [3.8, 4) is 5.75 Å². The van der Waals surface area contributed by atoms with E-state index in [2.05, 4.69) is 15.3 Å². The zero-order chi connectivity index (χ0) is 16.2. The molecule has 0 saturated heterocycles. The molecule has 0 aliphatic rings. The van der Waals surface area contributed by atoms with Gasteiger partial charge in [0.15, 0.2) is 11.0 Å². The highest BCUT2D eigenvalue weighted by Crippen LogP contribution is 2.25. The van der Waals surface area contributed by atoms with Crippen LogP contribution in [0.4, 0.5) is 0 Å². The average Bonchev–Trinajstić information content (AvgIpc) is 3.11. The predicted octanol–water partition coefficient (Wildman–Crippen LogP) is 3.07. The molecule has 2 heterocycles. The van der Waals surface area contributed by atoms with Crippen molar-refractivity contribution in [2.75, 3.05) is 0 Å². The maximum absolute atomic E-state index is 6.08. The van der Waals surface area contributed by atoms with Gasteiger partial charge >= 0.3 is 0 Å². The quantitative estimate of drug-likeness (QED) is 0.640. The van der Waals surface area contributed by atoms with Gasteiger partial charge in [-0.1, -0.05) is 35.5 Å². The van der Waals surface area contributed by atoms with Crippen molar-refractivity contribution in [2.45, 2.75) is 17.5 Å². The van der Waals surface area contributed by atoms with Gasteiger partial charge in [0, 0.05) is 31.7 Å². The van der Waals surface area contributed by atoms with Crippen LogP contribution in [-0.4, -0.2) is 24.5 Å². The predicted molar refractivity (Wildman–Crippen MR) is 89.6 cm³/mol. The summed E-state index contributed by atoms with van der Waals surface area (Å²) in [6.45, 7) is 0.319. The van der Waals surface area contributed by atoms with Gasteiger partial charge in [-0.3, -0.25) is 4.68 Å². The Hall–Kier alpha value is -1.99. The molecule has 0 aliphatic heterocycles. The van der Waals surface area contributed by atoms with Crippen molar-refractivity contribution in [3.05, 3.63) is 53.1 Å². The van der Waals surface area contributed by atoms with Gasteiger partial charge < -0.3 is 9.30 Å². The average molecular weight is 350 g/mol. The lowest BCUT2D eigenvalue weighted by molar-refractivity contribution is 0.290. The molecule has 0 N–H and O–H groups in total. The molecule has 2 aromatic heterocycles. The summed E-state index contributed by atoms with van der Waals surface area (Å²) in [6, 6.07) is 9.36. The van der Waals surface area contributed by atoms with E-state index in [1.807, 2.05) is 47.6 Å². The van der Waals surface area contributed by atoms with Crippen LogP contribution in [0.1, 0.15) is 11.5 Å².